The number of hydrogen-bond acceptors (Lipinski definition) is 4. The van der Waals surface area contributed by atoms with Gasteiger partial charge >= 0.3 is 0 Å². The van der Waals surface area contributed by atoms with Gasteiger partial charge in [-0.3, -0.25) is 4.79 Å². The summed E-state index contributed by atoms with van der Waals surface area (Å²) in [5.41, 5.74) is 2.83. The lowest BCUT2D eigenvalue weighted by atomic mass is 10.2. The second kappa shape index (κ2) is 7.79. The quantitative estimate of drug-likeness (QED) is 0.666. The normalized spacial score (nSPS) is 16.6. The Balaban J connectivity index is 1.61. The van der Waals surface area contributed by atoms with E-state index in [9.17, 15) is 4.79 Å². The molecule has 1 amide bonds. The van der Waals surface area contributed by atoms with E-state index in [2.05, 4.69) is 40.4 Å². The van der Waals surface area contributed by atoms with Gasteiger partial charge in [-0.2, -0.15) is 0 Å². The van der Waals surface area contributed by atoms with Crippen LogP contribution in [0.3, 0.4) is 0 Å². The van der Waals surface area contributed by atoms with E-state index in [-0.39, 0.29) is 5.91 Å². The maximum atomic E-state index is 13.1. The van der Waals surface area contributed by atoms with Crippen LogP contribution in [-0.4, -0.2) is 67.5 Å². The number of ether oxygens (including phenoxy) is 1. The van der Waals surface area contributed by atoms with E-state index in [0.29, 0.717) is 6.04 Å². The summed E-state index contributed by atoms with van der Waals surface area (Å²) in [6.07, 6.45) is 2.98. The number of pyridine rings is 1. The second-order valence-corrected chi connectivity index (χ2v) is 7.82. The summed E-state index contributed by atoms with van der Waals surface area (Å²) in [5.74, 6) is 1.94. The molecule has 0 unspecified atom stereocenters. The van der Waals surface area contributed by atoms with Crippen molar-refractivity contribution in [2.24, 2.45) is 0 Å². The summed E-state index contributed by atoms with van der Waals surface area (Å²) in [4.78, 5) is 19.3. The third kappa shape index (κ3) is 3.68. The Morgan fingerprint density at radius 3 is 2.41 bits per heavy atom. The minimum Gasteiger partial charge on any atom is -0.497 e. The molecule has 0 saturated carbocycles. The molecule has 1 atom stereocenters. The molecule has 1 saturated heterocycles. The molecule has 1 aromatic carbocycles. The predicted octanol–water partition coefficient (Wildman–Crippen LogP) is 3.49. The lowest BCUT2D eigenvalue weighted by Gasteiger charge is -2.21. The van der Waals surface area contributed by atoms with Gasteiger partial charge in [0.15, 0.2) is 0 Å². The molecule has 3 aromatic rings. The maximum Gasteiger partial charge on any atom is 0.255 e. The zero-order valence-electron chi connectivity index (χ0n) is 17.5. The van der Waals surface area contributed by atoms with Crippen LogP contribution in [0.15, 0.2) is 54.7 Å². The Kier molecular flexibility index (Phi) is 5.20. The Bertz CT molecular complexity index is 1010. The fourth-order valence-corrected chi connectivity index (χ4v) is 3.95. The molecule has 0 aliphatic carbocycles. The number of methoxy groups -OCH3 is 1. The molecule has 0 bridgehead atoms. The number of rotatable bonds is 5. The second-order valence-electron chi connectivity index (χ2n) is 7.82. The highest BCUT2D eigenvalue weighted by Crippen LogP contribution is 2.28. The molecule has 152 valence electrons. The molecule has 6 heteroatoms. The Morgan fingerprint density at radius 1 is 1.03 bits per heavy atom. The number of anilines is 2. The highest BCUT2D eigenvalue weighted by Gasteiger charge is 2.28. The van der Waals surface area contributed by atoms with E-state index in [1.165, 1.54) is 0 Å². The van der Waals surface area contributed by atoms with Crippen LogP contribution in [0.1, 0.15) is 16.8 Å². The Morgan fingerprint density at radius 2 is 1.76 bits per heavy atom. The van der Waals surface area contributed by atoms with Gasteiger partial charge in [-0.15, -0.1) is 0 Å². The van der Waals surface area contributed by atoms with Crippen molar-refractivity contribution < 1.29 is 9.53 Å². The van der Waals surface area contributed by atoms with Crippen LogP contribution in [0, 0.1) is 0 Å². The van der Waals surface area contributed by atoms with E-state index in [1.54, 1.807) is 7.11 Å². The average molecular weight is 393 g/mol. The standard InChI is InChI=1S/C23H28N4O2/c1-24(2)20-13-14-26(16-20)23(28)17-5-6-19-9-12-22(27(19)15-17)25(3)18-7-10-21(29-4)11-8-18/h5-12,15,20H,13-14,16H2,1-4H3/t20-/m1/s1. The van der Waals surface area contributed by atoms with Crippen molar-refractivity contribution >= 4 is 22.9 Å². The van der Waals surface area contributed by atoms with Crippen molar-refractivity contribution in [3.05, 3.63) is 60.3 Å². The first-order valence-electron chi connectivity index (χ1n) is 9.92. The van der Waals surface area contributed by atoms with Crippen molar-refractivity contribution in [2.75, 3.05) is 46.2 Å². The highest BCUT2D eigenvalue weighted by molar-refractivity contribution is 5.94. The van der Waals surface area contributed by atoms with Gasteiger partial charge in [-0.1, -0.05) is 0 Å². The van der Waals surface area contributed by atoms with Gasteiger partial charge in [-0.25, -0.2) is 0 Å². The zero-order valence-corrected chi connectivity index (χ0v) is 17.5. The first-order chi connectivity index (χ1) is 14.0. The smallest absolute Gasteiger partial charge is 0.255 e. The molecule has 29 heavy (non-hydrogen) atoms. The summed E-state index contributed by atoms with van der Waals surface area (Å²) >= 11 is 0. The maximum absolute atomic E-state index is 13.1. The number of hydrogen-bond donors (Lipinski definition) is 0. The molecule has 6 nitrogen and oxygen atoms in total. The monoisotopic (exact) mass is 392 g/mol. The van der Waals surface area contributed by atoms with Crippen LogP contribution in [0.25, 0.3) is 5.52 Å². The SMILES string of the molecule is COc1ccc(N(C)c2ccc3ccc(C(=O)N4CC[C@@H](N(C)C)C4)cn23)cc1. The van der Waals surface area contributed by atoms with Crippen molar-refractivity contribution in [1.29, 1.82) is 0 Å². The number of aromatic nitrogens is 1. The number of amides is 1. The minimum atomic E-state index is 0.100. The molecule has 0 spiro atoms. The van der Waals surface area contributed by atoms with Crippen LogP contribution in [-0.2, 0) is 0 Å². The van der Waals surface area contributed by atoms with Gasteiger partial charge in [0, 0.05) is 43.6 Å². The first-order valence-corrected chi connectivity index (χ1v) is 9.92. The van der Waals surface area contributed by atoms with Crippen molar-refractivity contribution in [1.82, 2.24) is 14.2 Å². The molecule has 4 rings (SSSR count). The first kappa shape index (κ1) is 19.3. The molecular formula is C23H28N4O2. The molecule has 0 N–H and O–H groups in total. The van der Waals surface area contributed by atoms with Crippen LogP contribution in [0.4, 0.5) is 11.5 Å². The number of likely N-dealkylation sites (N-methyl/N-ethyl adjacent to an activating group) is 1. The predicted molar refractivity (Wildman–Crippen MR) is 116 cm³/mol. The lowest BCUT2D eigenvalue weighted by Crippen LogP contribution is -2.34. The summed E-state index contributed by atoms with van der Waals surface area (Å²) < 4.78 is 7.33. The van der Waals surface area contributed by atoms with Gasteiger partial charge in [-0.05, 0) is 69.0 Å². The van der Waals surface area contributed by atoms with Gasteiger partial charge in [0.25, 0.3) is 5.91 Å². The van der Waals surface area contributed by atoms with E-state index in [0.717, 1.165) is 47.8 Å². The average Bonchev–Trinajstić information content (AvgIpc) is 3.40. The molecular weight excluding hydrogens is 364 g/mol. The number of nitrogens with zero attached hydrogens (tertiary/aromatic N) is 4. The third-order valence-corrected chi connectivity index (χ3v) is 5.86. The molecule has 1 aliphatic rings. The van der Waals surface area contributed by atoms with Gasteiger partial charge in [0.2, 0.25) is 0 Å². The van der Waals surface area contributed by atoms with Gasteiger partial charge in [0.05, 0.1) is 12.7 Å². The fraction of sp³-hybridized carbons (Fsp3) is 0.348. The molecule has 2 aromatic heterocycles. The largest absolute Gasteiger partial charge is 0.497 e. The number of carbonyl (C=O) groups excluding carboxylic acids is 1. The van der Waals surface area contributed by atoms with E-state index < -0.39 is 0 Å². The molecule has 1 fully saturated rings. The Hall–Kier alpha value is -2.99. The van der Waals surface area contributed by atoms with E-state index in [4.69, 9.17) is 4.74 Å². The lowest BCUT2D eigenvalue weighted by molar-refractivity contribution is 0.0782. The fourth-order valence-electron chi connectivity index (χ4n) is 3.95. The molecule has 3 heterocycles. The number of carbonyl (C=O) groups is 1. The minimum absolute atomic E-state index is 0.100. The van der Waals surface area contributed by atoms with Crippen LogP contribution in [0.5, 0.6) is 5.75 Å². The molecule has 1 aliphatic heterocycles. The summed E-state index contributed by atoms with van der Waals surface area (Å²) in [7, 11) is 7.84. The topological polar surface area (TPSA) is 40.4 Å². The summed E-state index contributed by atoms with van der Waals surface area (Å²) in [5, 5.41) is 0. The summed E-state index contributed by atoms with van der Waals surface area (Å²) in [6.45, 7) is 1.60. The third-order valence-electron chi connectivity index (χ3n) is 5.86. The number of fused-ring (bicyclic) bond motifs is 1. The van der Waals surface area contributed by atoms with Crippen LogP contribution >= 0.6 is 0 Å². The zero-order chi connectivity index (χ0) is 20.5. The number of likely N-dealkylation sites (tertiary alicyclic amines) is 1. The van der Waals surface area contributed by atoms with Crippen molar-refractivity contribution in [2.45, 2.75) is 12.5 Å². The van der Waals surface area contributed by atoms with Crippen molar-refractivity contribution in [3.8, 4) is 5.75 Å². The Labute approximate surface area is 171 Å². The van der Waals surface area contributed by atoms with Gasteiger partial charge < -0.3 is 23.8 Å². The van der Waals surface area contributed by atoms with E-state index >= 15 is 0 Å². The van der Waals surface area contributed by atoms with Crippen molar-refractivity contribution in [3.63, 3.8) is 0 Å². The van der Waals surface area contributed by atoms with Crippen LogP contribution in [0.2, 0.25) is 0 Å². The van der Waals surface area contributed by atoms with E-state index in [1.807, 2.05) is 54.5 Å². The summed E-state index contributed by atoms with van der Waals surface area (Å²) in [6, 6.07) is 16.5. The molecule has 0 radical (unpaired) electrons. The van der Waals surface area contributed by atoms with Gasteiger partial charge in [0.1, 0.15) is 11.6 Å². The number of benzene rings is 1. The van der Waals surface area contributed by atoms with Crippen LogP contribution < -0.4 is 9.64 Å². The highest BCUT2D eigenvalue weighted by atomic mass is 16.5.